The molecular weight excluding hydrogens is 254 g/mol. The summed E-state index contributed by atoms with van der Waals surface area (Å²) in [7, 11) is 0. The summed E-state index contributed by atoms with van der Waals surface area (Å²) in [6, 6.07) is 6.18. The quantitative estimate of drug-likeness (QED) is 0.641. The standard InChI is InChI=1S/C11H16BrN3/c1-7(2)14-11(13)15-10-5-4-9(12)6-8(10)3/h4-7H,1-3H3,(H3,13,14,15). The van der Waals surface area contributed by atoms with Gasteiger partial charge in [-0.05, 0) is 44.5 Å². The number of anilines is 1. The van der Waals surface area contributed by atoms with Crippen molar-refractivity contribution in [1.82, 2.24) is 0 Å². The minimum absolute atomic E-state index is 0.202. The van der Waals surface area contributed by atoms with Gasteiger partial charge in [-0.1, -0.05) is 15.9 Å². The number of aliphatic imine (C=N–C) groups is 1. The van der Waals surface area contributed by atoms with E-state index in [0.717, 1.165) is 15.7 Å². The Morgan fingerprint density at radius 1 is 1.47 bits per heavy atom. The molecule has 0 aliphatic carbocycles. The zero-order chi connectivity index (χ0) is 11.4. The summed E-state index contributed by atoms with van der Waals surface area (Å²) in [4.78, 5) is 4.21. The van der Waals surface area contributed by atoms with Crippen molar-refractivity contribution < 1.29 is 0 Å². The van der Waals surface area contributed by atoms with Crippen LogP contribution in [0.4, 0.5) is 5.69 Å². The normalized spacial score (nSPS) is 11.9. The summed E-state index contributed by atoms with van der Waals surface area (Å²) in [6.07, 6.45) is 0. The maximum absolute atomic E-state index is 5.74. The van der Waals surface area contributed by atoms with Crippen LogP contribution in [0.5, 0.6) is 0 Å². The van der Waals surface area contributed by atoms with Crippen molar-refractivity contribution in [2.45, 2.75) is 26.8 Å². The fourth-order valence-corrected chi connectivity index (χ4v) is 1.69. The molecule has 0 saturated carbocycles. The van der Waals surface area contributed by atoms with Gasteiger partial charge in [0.25, 0.3) is 0 Å². The van der Waals surface area contributed by atoms with E-state index in [4.69, 9.17) is 5.73 Å². The molecule has 0 fully saturated rings. The zero-order valence-corrected chi connectivity index (χ0v) is 10.8. The van der Waals surface area contributed by atoms with Crippen LogP contribution in [0.1, 0.15) is 19.4 Å². The van der Waals surface area contributed by atoms with Gasteiger partial charge in [-0.2, -0.15) is 0 Å². The largest absolute Gasteiger partial charge is 0.370 e. The Morgan fingerprint density at radius 3 is 2.67 bits per heavy atom. The van der Waals surface area contributed by atoms with E-state index in [9.17, 15) is 0 Å². The lowest BCUT2D eigenvalue weighted by molar-refractivity contribution is 0.833. The number of hydrogen-bond donors (Lipinski definition) is 2. The average molecular weight is 270 g/mol. The first-order valence-electron chi connectivity index (χ1n) is 4.85. The first-order chi connectivity index (χ1) is 6.99. The molecule has 0 aliphatic heterocycles. The number of hydrogen-bond acceptors (Lipinski definition) is 1. The molecule has 15 heavy (non-hydrogen) atoms. The molecule has 0 radical (unpaired) electrons. The van der Waals surface area contributed by atoms with Gasteiger partial charge in [0.05, 0.1) is 0 Å². The first-order valence-corrected chi connectivity index (χ1v) is 5.65. The van der Waals surface area contributed by atoms with Crippen LogP contribution in [0.15, 0.2) is 27.7 Å². The highest BCUT2D eigenvalue weighted by molar-refractivity contribution is 9.10. The molecule has 1 rings (SSSR count). The molecule has 1 aromatic carbocycles. The van der Waals surface area contributed by atoms with E-state index in [1.54, 1.807) is 0 Å². The summed E-state index contributed by atoms with van der Waals surface area (Å²) < 4.78 is 1.06. The summed E-state index contributed by atoms with van der Waals surface area (Å²) in [6.45, 7) is 6.00. The first kappa shape index (κ1) is 12.0. The SMILES string of the molecule is Cc1cc(Br)ccc1NC(N)=NC(C)C. The predicted molar refractivity (Wildman–Crippen MR) is 69.3 cm³/mol. The van der Waals surface area contributed by atoms with Gasteiger partial charge in [-0.25, -0.2) is 0 Å². The lowest BCUT2D eigenvalue weighted by Gasteiger charge is -2.09. The number of halogens is 1. The second-order valence-corrected chi connectivity index (χ2v) is 4.61. The predicted octanol–water partition coefficient (Wildman–Crippen LogP) is 2.89. The van der Waals surface area contributed by atoms with Crippen LogP contribution in [0.25, 0.3) is 0 Å². The zero-order valence-electron chi connectivity index (χ0n) is 9.21. The van der Waals surface area contributed by atoms with Gasteiger partial charge < -0.3 is 11.1 Å². The van der Waals surface area contributed by atoms with Gasteiger partial charge in [0.15, 0.2) is 5.96 Å². The van der Waals surface area contributed by atoms with E-state index >= 15 is 0 Å². The van der Waals surface area contributed by atoms with Gasteiger partial charge in [0.2, 0.25) is 0 Å². The third kappa shape index (κ3) is 3.91. The molecule has 0 amide bonds. The Kier molecular flexibility index (Phi) is 4.15. The van der Waals surface area contributed by atoms with Crippen molar-refractivity contribution >= 4 is 27.6 Å². The molecule has 0 unspecified atom stereocenters. The summed E-state index contributed by atoms with van der Waals surface area (Å²) in [5, 5.41) is 3.08. The molecule has 82 valence electrons. The maximum Gasteiger partial charge on any atom is 0.193 e. The van der Waals surface area contributed by atoms with E-state index in [-0.39, 0.29) is 6.04 Å². The second-order valence-electron chi connectivity index (χ2n) is 3.69. The highest BCUT2D eigenvalue weighted by Crippen LogP contribution is 2.19. The molecular formula is C11H16BrN3. The number of nitrogens with zero attached hydrogens (tertiary/aromatic N) is 1. The number of rotatable bonds is 2. The van der Waals surface area contributed by atoms with Crippen LogP contribution >= 0.6 is 15.9 Å². The van der Waals surface area contributed by atoms with Crippen LogP contribution in [-0.2, 0) is 0 Å². The van der Waals surface area contributed by atoms with Crippen LogP contribution in [0, 0.1) is 6.92 Å². The Bertz CT molecular complexity index is 372. The number of nitrogens with two attached hydrogens (primary N) is 1. The molecule has 0 heterocycles. The average Bonchev–Trinajstić information content (AvgIpc) is 2.08. The topological polar surface area (TPSA) is 50.4 Å². The molecule has 0 bridgehead atoms. The van der Waals surface area contributed by atoms with Gasteiger partial charge in [-0.3, -0.25) is 4.99 Å². The Balaban J connectivity index is 2.81. The van der Waals surface area contributed by atoms with Gasteiger partial charge >= 0.3 is 0 Å². The third-order valence-corrected chi connectivity index (χ3v) is 2.34. The van der Waals surface area contributed by atoms with Crippen LogP contribution in [0.2, 0.25) is 0 Å². The molecule has 3 N–H and O–H groups in total. The number of guanidine groups is 1. The molecule has 0 spiro atoms. The van der Waals surface area contributed by atoms with E-state index in [0.29, 0.717) is 5.96 Å². The van der Waals surface area contributed by atoms with E-state index in [1.165, 1.54) is 0 Å². The van der Waals surface area contributed by atoms with Crippen molar-refractivity contribution in [1.29, 1.82) is 0 Å². The van der Waals surface area contributed by atoms with Crippen molar-refractivity contribution in [2.75, 3.05) is 5.32 Å². The number of aryl methyl sites for hydroxylation is 1. The van der Waals surface area contributed by atoms with E-state index in [2.05, 4.69) is 26.2 Å². The summed E-state index contributed by atoms with van der Waals surface area (Å²) in [5.74, 6) is 0.454. The molecule has 0 saturated heterocycles. The van der Waals surface area contributed by atoms with Gasteiger partial charge in [0.1, 0.15) is 0 Å². The van der Waals surface area contributed by atoms with Crippen molar-refractivity contribution in [3.8, 4) is 0 Å². The second kappa shape index (κ2) is 5.16. The molecule has 0 aromatic heterocycles. The molecule has 1 aromatic rings. The Morgan fingerprint density at radius 2 is 2.13 bits per heavy atom. The minimum atomic E-state index is 0.202. The van der Waals surface area contributed by atoms with E-state index < -0.39 is 0 Å². The monoisotopic (exact) mass is 269 g/mol. The van der Waals surface area contributed by atoms with Crippen molar-refractivity contribution in [2.24, 2.45) is 10.7 Å². The summed E-state index contributed by atoms with van der Waals surface area (Å²) >= 11 is 3.41. The highest BCUT2D eigenvalue weighted by atomic mass is 79.9. The van der Waals surface area contributed by atoms with Crippen molar-refractivity contribution in [3.63, 3.8) is 0 Å². The number of benzene rings is 1. The Labute approximate surface area is 98.9 Å². The van der Waals surface area contributed by atoms with Crippen molar-refractivity contribution in [3.05, 3.63) is 28.2 Å². The smallest absolute Gasteiger partial charge is 0.193 e. The lowest BCUT2D eigenvalue weighted by atomic mass is 10.2. The fourth-order valence-electron chi connectivity index (χ4n) is 1.22. The van der Waals surface area contributed by atoms with Crippen LogP contribution < -0.4 is 11.1 Å². The molecule has 0 aliphatic rings. The highest BCUT2D eigenvalue weighted by Gasteiger charge is 2.00. The minimum Gasteiger partial charge on any atom is -0.370 e. The van der Waals surface area contributed by atoms with Crippen LogP contribution in [-0.4, -0.2) is 12.0 Å². The molecule has 0 atom stereocenters. The third-order valence-electron chi connectivity index (χ3n) is 1.85. The number of nitrogens with one attached hydrogen (secondary N) is 1. The van der Waals surface area contributed by atoms with Gasteiger partial charge in [-0.15, -0.1) is 0 Å². The summed E-state index contributed by atoms with van der Waals surface area (Å²) in [5.41, 5.74) is 7.86. The molecule has 4 heteroatoms. The van der Waals surface area contributed by atoms with Gasteiger partial charge in [0, 0.05) is 16.2 Å². The maximum atomic E-state index is 5.74. The van der Waals surface area contributed by atoms with Crippen LogP contribution in [0.3, 0.4) is 0 Å². The Hall–Kier alpha value is -1.03. The lowest BCUT2D eigenvalue weighted by Crippen LogP contribution is -2.24. The van der Waals surface area contributed by atoms with E-state index in [1.807, 2.05) is 39.0 Å². The molecule has 3 nitrogen and oxygen atoms in total. The fraction of sp³-hybridized carbons (Fsp3) is 0.364.